The smallest absolute Gasteiger partial charge is 0.269 e. The molecule has 3 heterocycles. The minimum atomic E-state index is -0.562. The van der Waals surface area contributed by atoms with E-state index in [1.165, 1.54) is 0 Å². The monoisotopic (exact) mass is 397 g/mol. The van der Waals surface area contributed by atoms with Crippen LogP contribution in [0.4, 0.5) is 0 Å². The maximum Gasteiger partial charge on any atom is 0.269 e. The van der Waals surface area contributed by atoms with Gasteiger partial charge in [-0.2, -0.15) is 5.10 Å². The molecule has 1 aromatic heterocycles. The molecule has 154 valence electrons. The molecule has 0 bridgehead atoms. The van der Waals surface area contributed by atoms with Gasteiger partial charge in [0.05, 0.1) is 13.7 Å². The van der Waals surface area contributed by atoms with Crippen LogP contribution in [0, 0.1) is 5.92 Å². The number of methoxy groups -OCH3 is 1. The molecule has 0 saturated carbocycles. The molecule has 2 aromatic rings. The molecule has 8 nitrogen and oxygen atoms in total. The number of carbonyl (C=O) groups is 2. The van der Waals surface area contributed by atoms with E-state index in [1.807, 2.05) is 18.2 Å². The summed E-state index contributed by atoms with van der Waals surface area (Å²) in [5.74, 6) is 0.759. The number of hydrogen-bond donors (Lipinski definition) is 2. The molecule has 2 amide bonds. The lowest BCUT2D eigenvalue weighted by Gasteiger charge is -2.28. The second-order valence-electron chi connectivity index (χ2n) is 7.83. The summed E-state index contributed by atoms with van der Waals surface area (Å²) in [7, 11) is 3.46. The third-order valence-electron chi connectivity index (χ3n) is 5.96. The van der Waals surface area contributed by atoms with Gasteiger partial charge in [-0.05, 0) is 55.6 Å². The lowest BCUT2D eigenvalue weighted by atomic mass is 9.96. The minimum Gasteiger partial charge on any atom is -0.496 e. The highest BCUT2D eigenvalue weighted by Crippen LogP contribution is 2.28. The molecule has 29 heavy (non-hydrogen) atoms. The van der Waals surface area contributed by atoms with E-state index >= 15 is 0 Å². The van der Waals surface area contributed by atoms with Crippen molar-refractivity contribution in [2.24, 2.45) is 18.7 Å². The fourth-order valence-corrected chi connectivity index (χ4v) is 4.42. The molecule has 0 spiro atoms. The number of nitrogens with zero attached hydrogens (tertiary/aromatic N) is 3. The standard InChI is InChI=1S/C21H27N5O3/c1-25-17-6-8-26(12-16(17)19(24-25)20(22)27)21(28)14-3-4-18(29-2)15(10-14)9-13-5-7-23-11-13/h3-4,10,13,23H,5-9,11-12H2,1-2H3,(H2,22,27). The Morgan fingerprint density at radius 1 is 1.38 bits per heavy atom. The van der Waals surface area contributed by atoms with Gasteiger partial charge in [-0.15, -0.1) is 0 Å². The number of nitrogens with two attached hydrogens (primary N) is 1. The summed E-state index contributed by atoms with van der Waals surface area (Å²) in [5.41, 5.74) is 9.15. The minimum absolute atomic E-state index is 0.0524. The Kier molecular flexibility index (Phi) is 5.27. The summed E-state index contributed by atoms with van der Waals surface area (Å²) in [5, 5.41) is 7.62. The number of amides is 2. The highest BCUT2D eigenvalue weighted by Gasteiger charge is 2.29. The molecule has 1 saturated heterocycles. The number of aromatic nitrogens is 2. The van der Waals surface area contributed by atoms with Crippen LogP contribution in [-0.2, 0) is 26.4 Å². The number of carbonyl (C=O) groups excluding carboxylic acids is 2. The fraction of sp³-hybridized carbons (Fsp3) is 0.476. The van der Waals surface area contributed by atoms with Gasteiger partial charge in [0.1, 0.15) is 5.75 Å². The molecule has 0 aliphatic carbocycles. The Labute approximate surface area is 170 Å². The van der Waals surface area contributed by atoms with Gasteiger partial charge in [0.25, 0.3) is 11.8 Å². The van der Waals surface area contributed by atoms with Crippen molar-refractivity contribution in [3.63, 3.8) is 0 Å². The first-order chi connectivity index (χ1) is 14.0. The van der Waals surface area contributed by atoms with E-state index in [2.05, 4.69) is 10.4 Å². The summed E-state index contributed by atoms with van der Waals surface area (Å²) >= 11 is 0. The number of primary amides is 1. The van der Waals surface area contributed by atoms with E-state index in [0.717, 1.165) is 48.5 Å². The van der Waals surface area contributed by atoms with Crippen molar-refractivity contribution < 1.29 is 14.3 Å². The van der Waals surface area contributed by atoms with Crippen LogP contribution in [0.5, 0.6) is 5.75 Å². The quantitative estimate of drug-likeness (QED) is 0.780. The molecule has 8 heteroatoms. The lowest BCUT2D eigenvalue weighted by molar-refractivity contribution is 0.0731. The van der Waals surface area contributed by atoms with Crippen molar-refractivity contribution in [2.75, 3.05) is 26.7 Å². The molecular formula is C21H27N5O3. The first kappa shape index (κ1) is 19.4. The Morgan fingerprint density at radius 2 is 2.21 bits per heavy atom. The van der Waals surface area contributed by atoms with Crippen molar-refractivity contribution in [2.45, 2.75) is 25.8 Å². The van der Waals surface area contributed by atoms with Crippen molar-refractivity contribution in [1.82, 2.24) is 20.0 Å². The maximum atomic E-state index is 13.2. The first-order valence-electron chi connectivity index (χ1n) is 9.99. The van der Waals surface area contributed by atoms with Crippen LogP contribution in [0.1, 0.15) is 44.1 Å². The number of rotatable bonds is 5. The molecule has 4 rings (SSSR count). The average Bonchev–Trinajstić information content (AvgIpc) is 3.35. The van der Waals surface area contributed by atoms with E-state index in [0.29, 0.717) is 31.0 Å². The topological polar surface area (TPSA) is 102 Å². The van der Waals surface area contributed by atoms with E-state index in [9.17, 15) is 9.59 Å². The fourth-order valence-electron chi connectivity index (χ4n) is 4.42. The third-order valence-corrected chi connectivity index (χ3v) is 5.96. The lowest BCUT2D eigenvalue weighted by Crippen LogP contribution is -2.37. The Bertz CT molecular complexity index is 946. The van der Waals surface area contributed by atoms with Gasteiger partial charge in [-0.1, -0.05) is 0 Å². The molecule has 0 radical (unpaired) electrons. The van der Waals surface area contributed by atoms with E-state index in [1.54, 1.807) is 23.7 Å². The normalized spacial score (nSPS) is 18.6. The van der Waals surface area contributed by atoms with E-state index < -0.39 is 5.91 Å². The van der Waals surface area contributed by atoms with E-state index in [-0.39, 0.29) is 11.6 Å². The van der Waals surface area contributed by atoms with Gasteiger partial charge < -0.3 is 20.7 Å². The zero-order valence-corrected chi connectivity index (χ0v) is 16.9. The average molecular weight is 397 g/mol. The second-order valence-corrected chi connectivity index (χ2v) is 7.83. The number of aryl methyl sites for hydroxylation is 1. The first-order valence-corrected chi connectivity index (χ1v) is 9.99. The molecule has 2 aliphatic heterocycles. The van der Waals surface area contributed by atoms with Gasteiger partial charge in [0, 0.05) is 36.8 Å². The number of hydrogen-bond acceptors (Lipinski definition) is 5. The predicted molar refractivity (Wildman–Crippen MR) is 108 cm³/mol. The zero-order chi connectivity index (χ0) is 20.5. The molecule has 1 aromatic carbocycles. The Morgan fingerprint density at radius 3 is 2.90 bits per heavy atom. The second kappa shape index (κ2) is 7.87. The highest BCUT2D eigenvalue weighted by atomic mass is 16.5. The van der Waals surface area contributed by atoms with E-state index in [4.69, 9.17) is 10.5 Å². The van der Waals surface area contributed by atoms with Crippen molar-refractivity contribution in [1.29, 1.82) is 0 Å². The summed E-state index contributed by atoms with van der Waals surface area (Å²) in [6.45, 7) is 2.95. The number of nitrogens with one attached hydrogen (secondary N) is 1. The van der Waals surface area contributed by atoms with Crippen LogP contribution >= 0.6 is 0 Å². The SMILES string of the molecule is COc1ccc(C(=O)N2CCc3c(c(C(N)=O)nn3C)C2)cc1CC1CCNC1. The number of ether oxygens (including phenoxy) is 1. The highest BCUT2D eigenvalue weighted by molar-refractivity contribution is 5.96. The van der Waals surface area contributed by atoms with Gasteiger partial charge in [0.15, 0.2) is 5.69 Å². The van der Waals surface area contributed by atoms with Crippen LogP contribution in [0.3, 0.4) is 0 Å². The Hall–Kier alpha value is -2.87. The van der Waals surface area contributed by atoms with Crippen molar-refractivity contribution in [3.05, 3.63) is 46.3 Å². The molecule has 2 aliphatic rings. The summed E-state index contributed by atoms with van der Waals surface area (Å²) < 4.78 is 7.21. The van der Waals surface area contributed by atoms with Crippen LogP contribution in [0.25, 0.3) is 0 Å². The van der Waals surface area contributed by atoms with Crippen molar-refractivity contribution >= 4 is 11.8 Å². The van der Waals surface area contributed by atoms with Crippen LogP contribution in [0.2, 0.25) is 0 Å². The Balaban J connectivity index is 1.57. The molecule has 1 atom stereocenters. The largest absolute Gasteiger partial charge is 0.496 e. The van der Waals surface area contributed by atoms with Gasteiger partial charge >= 0.3 is 0 Å². The molecule has 1 unspecified atom stereocenters. The third kappa shape index (κ3) is 3.72. The zero-order valence-electron chi connectivity index (χ0n) is 16.9. The van der Waals surface area contributed by atoms with Crippen molar-refractivity contribution in [3.8, 4) is 5.75 Å². The van der Waals surface area contributed by atoms with Crippen LogP contribution in [0.15, 0.2) is 18.2 Å². The number of fused-ring (bicyclic) bond motifs is 1. The molecule has 1 fully saturated rings. The summed E-state index contributed by atoms with van der Waals surface area (Å²) in [4.78, 5) is 26.7. The summed E-state index contributed by atoms with van der Waals surface area (Å²) in [6, 6.07) is 5.64. The van der Waals surface area contributed by atoms with Gasteiger partial charge in [-0.3, -0.25) is 14.3 Å². The maximum absolute atomic E-state index is 13.2. The van der Waals surface area contributed by atoms with Gasteiger partial charge in [0.2, 0.25) is 0 Å². The number of benzene rings is 1. The molecular weight excluding hydrogens is 370 g/mol. The molecule has 3 N–H and O–H groups in total. The van der Waals surface area contributed by atoms with Crippen LogP contribution in [-0.4, -0.2) is 53.2 Å². The predicted octanol–water partition coefficient (Wildman–Crippen LogP) is 0.878. The van der Waals surface area contributed by atoms with Gasteiger partial charge in [-0.25, -0.2) is 0 Å². The van der Waals surface area contributed by atoms with Crippen LogP contribution < -0.4 is 15.8 Å². The summed E-state index contributed by atoms with van der Waals surface area (Å²) in [6.07, 6.45) is 2.66.